The number of rotatable bonds is 3. The molecule has 1 fully saturated rings. The number of esters is 1. The number of ether oxygens (including phenoxy) is 1. The van der Waals surface area contributed by atoms with E-state index >= 15 is 0 Å². The molecule has 0 radical (unpaired) electrons. The fraction of sp³-hybridized carbons (Fsp3) is 0.600. The first-order valence-corrected chi connectivity index (χ1v) is 4.78. The van der Waals surface area contributed by atoms with Crippen LogP contribution in [-0.2, 0) is 14.3 Å². The van der Waals surface area contributed by atoms with Gasteiger partial charge in [0.05, 0.1) is 25.5 Å². The summed E-state index contributed by atoms with van der Waals surface area (Å²) < 4.78 is 4.53. The van der Waals surface area contributed by atoms with Crippen LogP contribution in [0.1, 0.15) is 12.8 Å². The van der Waals surface area contributed by atoms with Gasteiger partial charge in [-0.05, 0) is 6.42 Å². The Kier molecular flexibility index (Phi) is 2.27. The third-order valence-corrected chi connectivity index (χ3v) is 2.85. The van der Waals surface area contributed by atoms with Gasteiger partial charge in [0.15, 0.2) is 0 Å². The van der Waals surface area contributed by atoms with Gasteiger partial charge in [-0.25, -0.2) is 0 Å². The number of carbonyl (C=O) groups excluding carboxylic acids is 2. The number of hydrogen-bond acceptors (Lipinski definition) is 3. The smallest absolute Gasteiger partial charge is 0.307 e. The van der Waals surface area contributed by atoms with Crippen LogP contribution in [0.15, 0.2) is 12.2 Å². The topological polar surface area (TPSA) is 46.6 Å². The van der Waals surface area contributed by atoms with Gasteiger partial charge >= 0.3 is 5.97 Å². The third-order valence-electron chi connectivity index (χ3n) is 2.85. The van der Waals surface area contributed by atoms with E-state index in [1.165, 1.54) is 7.11 Å². The third kappa shape index (κ3) is 1.41. The van der Waals surface area contributed by atoms with Crippen molar-refractivity contribution >= 4 is 11.9 Å². The molecule has 2 bridgehead atoms. The van der Waals surface area contributed by atoms with Crippen LogP contribution in [0.3, 0.4) is 0 Å². The highest BCUT2D eigenvalue weighted by Crippen LogP contribution is 2.32. The number of methoxy groups -OCH3 is 1. The Morgan fingerprint density at radius 2 is 2.43 bits per heavy atom. The first-order valence-electron chi connectivity index (χ1n) is 4.78. The zero-order chi connectivity index (χ0) is 10.1. The van der Waals surface area contributed by atoms with Gasteiger partial charge in [0.1, 0.15) is 0 Å². The van der Waals surface area contributed by atoms with E-state index in [2.05, 4.69) is 4.74 Å². The molecule has 2 rings (SSSR count). The summed E-state index contributed by atoms with van der Waals surface area (Å²) in [4.78, 5) is 24.3. The SMILES string of the molecule is COC(=O)CCN1C(=O)C2C=CC1C2. The predicted octanol–water partition coefficient (Wildman–Crippen LogP) is 0.336. The molecular formula is C10H13NO3. The largest absolute Gasteiger partial charge is 0.469 e. The monoisotopic (exact) mass is 195 g/mol. The Balaban J connectivity index is 1.90. The van der Waals surface area contributed by atoms with Gasteiger partial charge in [-0.3, -0.25) is 9.59 Å². The van der Waals surface area contributed by atoms with Gasteiger partial charge < -0.3 is 9.64 Å². The lowest BCUT2D eigenvalue weighted by Crippen LogP contribution is -2.36. The van der Waals surface area contributed by atoms with Gasteiger partial charge in [-0.2, -0.15) is 0 Å². The van der Waals surface area contributed by atoms with Crippen molar-refractivity contribution in [3.05, 3.63) is 12.2 Å². The Morgan fingerprint density at radius 1 is 1.64 bits per heavy atom. The molecule has 4 heteroatoms. The van der Waals surface area contributed by atoms with E-state index in [4.69, 9.17) is 0 Å². The molecule has 14 heavy (non-hydrogen) atoms. The van der Waals surface area contributed by atoms with Crippen LogP contribution in [0.5, 0.6) is 0 Å². The van der Waals surface area contributed by atoms with E-state index in [-0.39, 0.29) is 23.8 Å². The summed E-state index contributed by atoms with van der Waals surface area (Å²) in [5, 5.41) is 0. The van der Waals surface area contributed by atoms with Crippen LogP contribution in [0.4, 0.5) is 0 Å². The second-order valence-corrected chi connectivity index (χ2v) is 3.65. The summed E-state index contributed by atoms with van der Waals surface area (Å²) in [7, 11) is 1.36. The minimum Gasteiger partial charge on any atom is -0.469 e. The molecule has 2 aliphatic rings. The number of hydrogen-bond donors (Lipinski definition) is 0. The second-order valence-electron chi connectivity index (χ2n) is 3.65. The predicted molar refractivity (Wildman–Crippen MR) is 49.4 cm³/mol. The van der Waals surface area contributed by atoms with E-state index in [1.807, 2.05) is 12.2 Å². The summed E-state index contributed by atoms with van der Waals surface area (Å²) in [5.41, 5.74) is 0. The van der Waals surface area contributed by atoms with E-state index in [9.17, 15) is 9.59 Å². The zero-order valence-corrected chi connectivity index (χ0v) is 8.10. The molecule has 4 nitrogen and oxygen atoms in total. The maximum atomic E-state index is 11.6. The molecule has 0 saturated carbocycles. The van der Waals surface area contributed by atoms with Crippen molar-refractivity contribution in [3.8, 4) is 0 Å². The first-order chi connectivity index (χ1) is 6.72. The minimum atomic E-state index is -0.260. The highest BCUT2D eigenvalue weighted by molar-refractivity contribution is 5.85. The van der Waals surface area contributed by atoms with Crippen LogP contribution in [0.2, 0.25) is 0 Å². The Labute approximate surface area is 82.5 Å². The molecule has 1 aliphatic carbocycles. The number of carbonyl (C=O) groups is 2. The van der Waals surface area contributed by atoms with Gasteiger partial charge in [0.2, 0.25) is 5.91 Å². The number of likely N-dealkylation sites (tertiary alicyclic amines) is 1. The van der Waals surface area contributed by atoms with Crippen molar-refractivity contribution in [1.29, 1.82) is 0 Å². The molecule has 0 spiro atoms. The van der Waals surface area contributed by atoms with Gasteiger partial charge in [0.25, 0.3) is 0 Å². The average molecular weight is 195 g/mol. The van der Waals surface area contributed by atoms with E-state index in [1.54, 1.807) is 4.90 Å². The lowest BCUT2D eigenvalue weighted by atomic mass is 10.1. The number of fused-ring (bicyclic) bond motifs is 2. The van der Waals surface area contributed by atoms with Crippen molar-refractivity contribution in [2.75, 3.05) is 13.7 Å². The maximum absolute atomic E-state index is 11.6. The van der Waals surface area contributed by atoms with E-state index in [0.717, 1.165) is 6.42 Å². The Bertz CT molecular complexity index is 298. The Hall–Kier alpha value is -1.32. The van der Waals surface area contributed by atoms with Gasteiger partial charge in [-0.1, -0.05) is 12.2 Å². The van der Waals surface area contributed by atoms with Crippen molar-refractivity contribution in [3.63, 3.8) is 0 Å². The van der Waals surface area contributed by atoms with Gasteiger partial charge in [0, 0.05) is 6.54 Å². The van der Waals surface area contributed by atoms with Crippen LogP contribution in [-0.4, -0.2) is 36.5 Å². The fourth-order valence-corrected chi connectivity index (χ4v) is 2.06. The van der Waals surface area contributed by atoms with Crippen LogP contribution >= 0.6 is 0 Å². The minimum absolute atomic E-state index is 0.0673. The lowest BCUT2D eigenvalue weighted by molar-refractivity contribution is -0.141. The quantitative estimate of drug-likeness (QED) is 0.482. The molecule has 0 aromatic rings. The van der Waals surface area contributed by atoms with Crippen molar-refractivity contribution < 1.29 is 14.3 Å². The fourth-order valence-electron chi connectivity index (χ4n) is 2.06. The zero-order valence-electron chi connectivity index (χ0n) is 8.10. The second kappa shape index (κ2) is 3.44. The number of nitrogens with zero attached hydrogens (tertiary/aromatic N) is 1. The standard InChI is InChI=1S/C10H13NO3/c1-14-9(12)4-5-11-8-3-2-7(6-8)10(11)13/h2-3,7-8H,4-6H2,1H3. The molecule has 2 unspecified atom stereocenters. The highest BCUT2D eigenvalue weighted by atomic mass is 16.5. The molecule has 1 aliphatic heterocycles. The molecule has 76 valence electrons. The average Bonchev–Trinajstić information content (AvgIpc) is 2.75. The van der Waals surface area contributed by atoms with Crippen LogP contribution < -0.4 is 0 Å². The summed E-state index contributed by atoms with van der Waals surface area (Å²) >= 11 is 0. The first kappa shape index (κ1) is 9.24. The summed E-state index contributed by atoms with van der Waals surface area (Å²) in [6.07, 6.45) is 5.18. The van der Waals surface area contributed by atoms with Crippen molar-refractivity contribution in [2.45, 2.75) is 18.9 Å². The van der Waals surface area contributed by atoms with E-state index in [0.29, 0.717) is 13.0 Å². The van der Waals surface area contributed by atoms with Crippen molar-refractivity contribution in [2.24, 2.45) is 5.92 Å². The van der Waals surface area contributed by atoms with Crippen molar-refractivity contribution in [1.82, 2.24) is 4.90 Å². The van der Waals surface area contributed by atoms with E-state index < -0.39 is 0 Å². The summed E-state index contributed by atoms with van der Waals surface area (Å²) in [6.45, 7) is 0.483. The molecule has 1 saturated heterocycles. The van der Waals surface area contributed by atoms with Crippen LogP contribution in [0, 0.1) is 5.92 Å². The Morgan fingerprint density at radius 3 is 3.00 bits per heavy atom. The normalized spacial score (nSPS) is 28.6. The molecule has 0 N–H and O–H groups in total. The molecular weight excluding hydrogens is 182 g/mol. The lowest BCUT2D eigenvalue weighted by Gasteiger charge is -2.23. The van der Waals surface area contributed by atoms with Crippen LogP contribution in [0.25, 0.3) is 0 Å². The molecule has 1 heterocycles. The maximum Gasteiger partial charge on any atom is 0.307 e. The summed E-state index contributed by atoms with van der Waals surface area (Å²) in [5.74, 6) is -0.0383. The molecule has 2 atom stereocenters. The highest BCUT2D eigenvalue weighted by Gasteiger charge is 2.40. The summed E-state index contributed by atoms with van der Waals surface area (Å²) in [6, 6.07) is 0.220. The van der Waals surface area contributed by atoms with Gasteiger partial charge in [-0.15, -0.1) is 0 Å². The molecule has 0 aromatic heterocycles. The number of amides is 1. The molecule has 0 aromatic carbocycles. The molecule has 1 amide bonds.